The van der Waals surface area contributed by atoms with E-state index in [4.69, 9.17) is 0 Å². The molecule has 1 nitrogen and oxygen atoms in total. The lowest BCUT2D eigenvalue weighted by Gasteiger charge is -2.07. The molecule has 2 rings (SSSR count). The van der Waals surface area contributed by atoms with Gasteiger partial charge in [-0.1, -0.05) is 19.1 Å². The van der Waals surface area contributed by atoms with E-state index in [-0.39, 0.29) is 11.1 Å². The van der Waals surface area contributed by atoms with E-state index in [0.29, 0.717) is 6.54 Å². The van der Waals surface area contributed by atoms with Gasteiger partial charge in [-0.15, -0.1) is 0 Å². The number of nitrogens with one attached hydrogen (secondary N) is 1. The summed E-state index contributed by atoms with van der Waals surface area (Å²) >= 11 is 0. The quantitative estimate of drug-likeness (QED) is 0.884. The molecule has 0 atom stereocenters. The molecule has 2 aromatic rings. The first kappa shape index (κ1) is 13.6. The number of hydrogen-bond acceptors (Lipinski definition) is 1. The zero-order valence-electron chi connectivity index (χ0n) is 10.5. The lowest BCUT2D eigenvalue weighted by Crippen LogP contribution is -2.11. The van der Waals surface area contributed by atoms with Crippen molar-refractivity contribution in [3.05, 3.63) is 59.4 Å². The summed E-state index contributed by atoms with van der Waals surface area (Å²) in [5.74, 6) is -1.92. The summed E-state index contributed by atoms with van der Waals surface area (Å²) in [6.45, 7) is 3.31. The number of benzene rings is 2. The van der Waals surface area contributed by atoms with Gasteiger partial charge in [0.15, 0.2) is 0 Å². The molecule has 0 unspecified atom stereocenters. The third-order valence-electron chi connectivity index (χ3n) is 2.79. The molecule has 0 heterocycles. The summed E-state index contributed by atoms with van der Waals surface area (Å²) < 4.78 is 40.2. The van der Waals surface area contributed by atoms with Gasteiger partial charge in [0.25, 0.3) is 0 Å². The fourth-order valence-corrected chi connectivity index (χ4v) is 1.88. The largest absolute Gasteiger partial charge is 0.313 e. The van der Waals surface area contributed by atoms with Gasteiger partial charge < -0.3 is 5.32 Å². The Morgan fingerprint density at radius 1 is 0.947 bits per heavy atom. The van der Waals surface area contributed by atoms with Crippen molar-refractivity contribution in [1.29, 1.82) is 0 Å². The van der Waals surface area contributed by atoms with E-state index in [2.05, 4.69) is 5.32 Å². The summed E-state index contributed by atoms with van der Waals surface area (Å²) in [7, 11) is 0. The minimum Gasteiger partial charge on any atom is -0.313 e. The van der Waals surface area contributed by atoms with E-state index >= 15 is 0 Å². The lowest BCUT2D eigenvalue weighted by atomic mass is 10.0. The van der Waals surface area contributed by atoms with Crippen molar-refractivity contribution in [2.24, 2.45) is 0 Å². The van der Waals surface area contributed by atoms with E-state index in [9.17, 15) is 13.2 Å². The summed E-state index contributed by atoms with van der Waals surface area (Å²) in [6.07, 6.45) is 0. The standard InChI is InChI=1S/C15H14F3N/c1-2-19-9-10-3-4-14(15(18)5-10)11-6-12(16)8-13(17)7-11/h3-8,19H,2,9H2,1H3. The Balaban J connectivity index is 2.34. The van der Waals surface area contributed by atoms with Crippen molar-refractivity contribution in [1.82, 2.24) is 5.32 Å². The molecule has 19 heavy (non-hydrogen) atoms. The predicted molar refractivity (Wildman–Crippen MR) is 69.1 cm³/mol. The zero-order chi connectivity index (χ0) is 13.8. The molecule has 0 aliphatic heterocycles. The van der Waals surface area contributed by atoms with Crippen molar-refractivity contribution in [3.8, 4) is 11.1 Å². The second-order valence-electron chi connectivity index (χ2n) is 4.25. The number of rotatable bonds is 4. The third-order valence-corrected chi connectivity index (χ3v) is 2.79. The highest BCUT2D eigenvalue weighted by atomic mass is 19.1. The van der Waals surface area contributed by atoms with Crippen LogP contribution in [-0.2, 0) is 6.54 Å². The van der Waals surface area contributed by atoms with Crippen molar-refractivity contribution in [3.63, 3.8) is 0 Å². The van der Waals surface area contributed by atoms with Crippen molar-refractivity contribution in [2.45, 2.75) is 13.5 Å². The van der Waals surface area contributed by atoms with Crippen LogP contribution in [0.15, 0.2) is 36.4 Å². The SMILES string of the molecule is CCNCc1ccc(-c2cc(F)cc(F)c2)c(F)c1. The number of halogens is 3. The Labute approximate surface area is 110 Å². The van der Waals surface area contributed by atoms with Gasteiger partial charge in [0.1, 0.15) is 17.5 Å². The van der Waals surface area contributed by atoms with Crippen molar-refractivity contribution >= 4 is 0 Å². The van der Waals surface area contributed by atoms with E-state index in [1.165, 1.54) is 12.1 Å². The first-order valence-electron chi connectivity index (χ1n) is 6.05. The first-order chi connectivity index (χ1) is 9.10. The highest BCUT2D eigenvalue weighted by Gasteiger charge is 2.09. The molecule has 0 bridgehead atoms. The van der Waals surface area contributed by atoms with Crippen molar-refractivity contribution in [2.75, 3.05) is 6.54 Å². The van der Waals surface area contributed by atoms with Crippen LogP contribution in [0.5, 0.6) is 0 Å². The minimum absolute atomic E-state index is 0.193. The van der Waals surface area contributed by atoms with Gasteiger partial charge >= 0.3 is 0 Å². The molecule has 2 aromatic carbocycles. The van der Waals surface area contributed by atoms with Crippen LogP contribution in [0, 0.1) is 17.5 Å². The minimum atomic E-state index is -0.717. The summed E-state index contributed by atoms with van der Waals surface area (Å²) in [4.78, 5) is 0. The smallest absolute Gasteiger partial charge is 0.131 e. The molecule has 0 fully saturated rings. The number of hydrogen-bond donors (Lipinski definition) is 1. The highest BCUT2D eigenvalue weighted by Crippen LogP contribution is 2.25. The fraction of sp³-hybridized carbons (Fsp3) is 0.200. The Bertz CT molecular complexity index is 561. The van der Waals surface area contributed by atoms with Crippen molar-refractivity contribution < 1.29 is 13.2 Å². The molecular weight excluding hydrogens is 251 g/mol. The van der Waals surface area contributed by atoms with Gasteiger partial charge in [-0.2, -0.15) is 0 Å². The van der Waals surface area contributed by atoms with Gasteiger partial charge in [0, 0.05) is 18.2 Å². The van der Waals surface area contributed by atoms with Crippen LogP contribution in [0.4, 0.5) is 13.2 Å². The van der Waals surface area contributed by atoms with E-state index in [1.54, 1.807) is 6.07 Å². The Kier molecular flexibility index (Phi) is 4.22. The predicted octanol–water partition coefficient (Wildman–Crippen LogP) is 3.88. The van der Waals surface area contributed by atoms with Crippen LogP contribution in [0.25, 0.3) is 11.1 Å². The van der Waals surface area contributed by atoms with Gasteiger partial charge in [-0.3, -0.25) is 0 Å². The lowest BCUT2D eigenvalue weighted by molar-refractivity contribution is 0.583. The van der Waals surface area contributed by atoms with E-state index in [1.807, 2.05) is 6.92 Å². The molecular formula is C15H14F3N. The van der Waals surface area contributed by atoms with Crippen LogP contribution < -0.4 is 5.32 Å². The second-order valence-corrected chi connectivity index (χ2v) is 4.25. The summed E-state index contributed by atoms with van der Waals surface area (Å²) in [5, 5.41) is 3.08. The average Bonchev–Trinajstić information content (AvgIpc) is 2.35. The topological polar surface area (TPSA) is 12.0 Å². The normalized spacial score (nSPS) is 10.7. The molecule has 4 heteroatoms. The summed E-state index contributed by atoms with van der Waals surface area (Å²) in [5.41, 5.74) is 1.18. The van der Waals surface area contributed by atoms with Crippen LogP contribution in [0.1, 0.15) is 12.5 Å². The highest BCUT2D eigenvalue weighted by molar-refractivity contribution is 5.64. The van der Waals surface area contributed by atoms with Gasteiger partial charge in [0.05, 0.1) is 0 Å². The van der Waals surface area contributed by atoms with E-state index < -0.39 is 17.5 Å². The van der Waals surface area contributed by atoms with Crippen LogP contribution in [0.2, 0.25) is 0 Å². The molecule has 0 radical (unpaired) electrons. The molecule has 0 saturated carbocycles. The Morgan fingerprint density at radius 2 is 1.63 bits per heavy atom. The molecule has 0 amide bonds. The molecule has 100 valence electrons. The van der Waals surface area contributed by atoms with Crippen LogP contribution in [0.3, 0.4) is 0 Å². The molecule has 0 aliphatic carbocycles. The van der Waals surface area contributed by atoms with Crippen LogP contribution in [-0.4, -0.2) is 6.54 Å². The van der Waals surface area contributed by atoms with Crippen LogP contribution >= 0.6 is 0 Å². The second kappa shape index (κ2) is 5.89. The van der Waals surface area contributed by atoms with Gasteiger partial charge in [-0.25, -0.2) is 13.2 Å². The third kappa shape index (κ3) is 3.35. The molecule has 0 saturated heterocycles. The fourth-order valence-electron chi connectivity index (χ4n) is 1.88. The van der Waals surface area contributed by atoms with E-state index in [0.717, 1.165) is 30.3 Å². The Hall–Kier alpha value is -1.81. The molecule has 0 spiro atoms. The molecule has 0 aromatic heterocycles. The summed E-state index contributed by atoms with van der Waals surface area (Å²) in [6, 6.07) is 7.65. The monoisotopic (exact) mass is 265 g/mol. The van der Waals surface area contributed by atoms with Gasteiger partial charge in [-0.05, 0) is 35.9 Å². The maximum atomic E-state index is 14.0. The van der Waals surface area contributed by atoms with Gasteiger partial charge in [0.2, 0.25) is 0 Å². The maximum absolute atomic E-state index is 14.0. The Morgan fingerprint density at radius 3 is 2.21 bits per heavy atom. The molecule has 0 aliphatic rings. The molecule has 1 N–H and O–H groups in total. The maximum Gasteiger partial charge on any atom is 0.131 e. The zero-order valence-corrected chi connectivity index (χ0v) is 10.5. The average molecular weight is 265 g/mol. The first-order valence-corrected chi connectivity index (χ1v) is 6.05.